The second-order valence-electron chi connectivity index (χ2n) is 4.86. The maximum atomic E-state index is 12.6. The number of hydrogen-bond donors (Lipinski definition) is 0. The lowest BCUT2D eigenvalue weighted by atomic mass is 10.0. The average molecular weight is 278 g/mol. The van der Waals surface area contributed by atoms with Crippen LogP contribution in [0.3, 0.4) is 0 Å². The van der Waals surface area contributed by atoms with E-state index in [0.717, 1.165) is 24.8 Å². The number of rotatable bonds is 4. The minimum absolute atomic E-state index is 0.0578. The van der Waals surface area contributed by atoms with Gasteiger partial charge in [-0.2, -0.15) is 4.31 Å². The van der Waals surface area contributed by atoms with Crippen molar-refractivity contribution in [2.24, 2.45) is 0 Å². The third-order valence-electron chi connectivity index (χ3n) is 3.45. The van der Waals surface area contributed by atoms with Crippen LogP contribution in [0.5, 0.6) is 0 Å². The van der Waals surface area contributed by atoms with Gasteiger partial charge in [0.05, 0.1) is 4.90 Å². The molecule has 0 bridgehead atoms. The van der Waals surface area contributed by atoms with Crippen molar-refractivity contribution in [1.82, 2.24) is 4.31 Å². The summed E-state index contributed by atoms with van der Waals surface area (Å²) in [7, 11) is -3.45. The fourth-order valence-corrected chi connectivity index (χ4v) is 3.87. The molecule has 0 amide bonds. The van der Waals surface area contributed by atoms with Gasteiger partial charge >= 0.3 is 0 Å². The Balaban J connectivity index is 2.32. The molecule has 1 aromatic rings. The van der Waals surface area contributed by atoms with Gasteiger partial charge in [-0.15, -0.1) is 0 Å². The summed E-state index contributed by atoms with van der Waals surface area (Å²) in [4.78, 5) is 0.348. The Morgan fingerprint density at radius 2 is 2.00 bits per heavy atom. The number of sulfonamides is 1. The normalized spacial score (nSPS) is 19.8. The Hall–Kier alpha value is -1.13. The SMILES string of the molecule is [CH2]CN(C1C=CCCC1)S(=O)(=O)c1ccc(C)cc1. The molecule has 0 spiro atoms. The maximum absolute atomic E-state index is 12.6. The summed E-state index contributed by atoms with van der Waals surface area (Å²) >= 11 is 0. The average Bonchev–Trinajstić information content (AvgIpc) is 2.41. The Kier molecular flexibility index (Phi) is 4.42. The fraction of sp³-hybridized carbons (Fsp3) is 0.400. The van der Waals surface area contributed by atoms with Crippen molar-refractivity contribution in [3.05, 3.63) is 48.9 Å². The number of benzene rings is 1. The van der Waals surface area contributed by atoms with Gasteiger partial charge in [0.1, 0.15) is 0 Å². The van der Waals surface area contributed by atoms with Gasteiger partial charge in [0, 0.05) is 12.6 Å². The van der Waals surface area contributed by atoms with Gasteiger partial charge in [0.25, 0.3) is 0 Å². The molecular formula is C15H20NO2S. The number of nitrogens with zero attached hydrogens (tertiary/aromatic N) is 1. The van der Waals surface area contributed by atoms with E-state index in [0.29, 0.717) is 4.90 Å². The lowest BCUT2D eigenvalue weighted by Crippen LogP contribution is -2.39. The first-order chi connectivity index (χ1) is 9.05. The zero-order chi connectivity index (χ0) is 13.9. The lowest BCUT2D eigenvalue weighted by Gasteiger charge is -2.29. The predicted octanol–water partition coefficient (Wildman–Crippen LogP) is 2.93. The van der Waals surface area contributed by atoms with E-state index in [1.54, 1.807) is 12.1 Å². The quantitative estimate of drug-likeness (QED) is 0.794. The molecule has 1 aliphatic carbocycles. The first kappa shape index (κ1) is 14.3. The number of aryl methyl sites for hydroxylation is 1. The maximum Gasteiger partial charge on any atom is 0.243 e. The van der Waals surface area contributed by atoms with Gasteiger partial charge in [-0.05, 0) is 45.2 Å². The molecule has 0 fully saturated rings. The first-order valence-electron chi connectivity index (χ1n) is 6.60. The van der Waals surface area contributed by atoms with Crippen molar-refractivity contribution >= 4 is 10.0 Å². The van der Waals surface area contributed by atoms with Crippen LogP contribution in [-0.4, -0.2) is 25.3 Å². The highest BCUT2D eigenvalue weighted by Crippen LogP contribution is 2.24. The zero-order valence-electron chi connectivity index (χ0n) is 11.2. The third-order valence-corrected chi connectivity index (χ3v) is 5.39. The highest BCUT2D eigenvalue weighted by molar-refractivity contribution is 7.89. The molecule has 3 nitrogen and oxygen atoms in total. The van der Waals surface area contributed by atoms with Crippen molar-refractivity contribution in [1.29, 1.82) is 0 Å². The Bertz CT molecular complexity index is 546. The molecule has 1 aliphatic rings. The van der Waals surface area contributed by atoms with Crippen LogP contribution in [0, 0.1) is 13.8 Å². The van der Waals surface area contributed by atoms with Crippen LogP contribution in [0.4, 0.5) is 0 Å². The summed E-state index contributed by atoms with van der Waals surface area (Å²) < 4.78 is 26.7. The van der Waals surface area contributed by atoms with Crippen molar-refractivity contribution in [3.8, 4) is 0 Å². The van der Waals surface area contributed by atoms with Gasteiger partial charge in [0.15, 0.2) is 0 Å². The molecule has 19 heavy (non-hydrogen) atoms. The van der Waals surface area contributed by atoms with E-state index in [9.17, 15) is 8.42 Å². The number of allylic oxidation sites excluding steroid dienone is 1. The molecule has 0 saturated heterocycles. The van der Waals surface area contributed by atoms with E-state index < -0.39 is 10.0 Å². The monoisotopic (exact) mass is 278 g/mol. The van der Waals surface area contributed by atoms with E-state index >= 15 is 0 Å². The van der Waals surface area contributed by atoms with E-state index in [2.05, 4.69) is 13.0 Å². The van der Waals surface area contributed by atoms with Crippen molar-refractivity contribution in [3.63, 3.8) is 0 Å². The van der Waals surface area contributed by atoms with Crippen LogP contribution >= 0.6 is 0 Å². The summed E-state index contributed by atoms with van der Waals surface area (Å²) in [6.07, 6.45) is 6.98. The second-order valence-corrected chi connectivity index (χ2v) is 6.75. The molecule has 0 aliphatic heterocycles. The van der Waals surface area contributed by atoms with Gasteiger partial charge < -0.3 is 0 Å². The standard InChI is InChI=1S/C15H20NO2S/c1-3-16(14-7-5-4-6-8-14)19(17,18)15-11-9-13(2)10-12-15/h5,7,9-12,14H,1,3-4,6,8H2,2H3. The Morgan fingerprint density at radius 3 is 2.53 bits per heavy atom. The smallest absolute Gasteiger partial charge is 0.207 e. The Labute approximate surface area is 116 Å². The zero-order valence-corrected chi connectivity index (χ0v) is 12.1. The van der Waals surface area contributed by atoms with Crippen LogP contribution < -0.4 is 0 Å². The molecule has 0 heterocycles. The molecule has 0 N–H and O–H groups in total. The van der Waals surface area contributed by atoms with Crippen molar-refractivity contribution in [2.75, 3.05) is 6.54 Å². The molecule has 0 saturated carbocycles. The molecule has 1 aromatic carbocycles. The summed E-state index contributed by atoms with van der Waals surface area (Å²) in [5.41, 5.74) is 1.05. The molecule has 0 aromatic heterocycles. The molecule has 1 radical (unpaired) electrons. The van der Waals surface area contributed by atoms with E-state index in [4.69, 9.17) is 0 Å². The predicted molar refractivity (Wildman–Crippen MR) is 77.2 cm³/mol. The molecule has 1 unspecified atom stereocenters. The first-order valence-corrected chi connectivity index (χ1v) is 8.04. The van der Waals surface area contributed by atoms with Crippen LogP contribution in [0.2, 0.25) is 0 Å². The van der Waals surface area contributed by atoms with Gasteiger partial charge in [0.2, 0.25) is 10.0 Å². The van der Waals surface area contributed by atoms with E-state index in [1.807, 2.05) is 25.1 Å². The van der Waals surface area contributed by atoms with Crippen LogP contribution in [-0.2, 0) is 10.0 Å². The van der Waals surface area contributed by atoms with Crippen LogP contribution in [0.1, 0.15) is 24.8 Å². The summed E-state index contributed by atoms with van der Waals surface area (Å²) in [5.74, 6) is 0. The molecule has 1 atom stereocenters. The van der Waals surface area contributed by atoms with E-state index in [-0.39, 0.29) is 12.6 Å². The molecule has 2 rings (SSSR count). The minimum Gasteiger partial charge on any atom is -0.207 e. The van der Waals surface area contributed by atoms with Crippen molar-refractivity contribution < 1.29 is 8.42 Å². The van der Waals surface area contributed by atoms with Gasteiger partial charge in [-0.25, -0.2) is 8.42 Å². The second kappa shape index (κ2) is 5.88. The summed E-state index contributed by atoms with van der Waals surface area (Å²) in [6, 6.07) is 6.92. The fourth-order valence-electron chi connectivity index (χ4n) is 2.34. The number of hydrogen-bond acceptors (Lipinski definition) is 2. The van der Waals surface area contributed by atoms with Crippen molar-refractivity contribution in [2.45, 2.75) is 37.1 Å². The highest BCUT2D eigenvalue weighted by Gasteiger charge is 2.29. The minimum atomic E-state index is -3.45. The van der Waals surface area contributed by atoms with Crippen LogP contribution in [0.15, 0.2) is 41.3 Å². The Morgan fingerprint density at radius 1 is 1.32 bits per heavy atom. The van der Waals surface area contributed by atoms with Gasteiger partial charge in [-0.3, -0.25) is 0 Å². The topological polar surface area (TPSA) is 37.4 Å². The summed E-state index contributed by atoms with van der Waals surface area (Å²) in [6.45, 7) is 5.98. The third kappa shape index (κ3) is 3.07. The molecular weight excluding hydrogens is 258 g/mol. The van der Waals surface area contributed by atoms with Crippen LogP contribution in [0.25, 0.3) is 0 Å². The van der Waals surface area contributed by atoms with Gasteiger partial charge in [-0.1, -0.05) is 29.8 Å². The largest absolute Gasteiger partial charge is 0.243 e. The van der Waals surface area contributed by atoms with E-state index in [1.165, 1.54) is 4.31 Å². The highest BCUT2D eigenvalue weighted by atomic mass is 32.2. The lowest BCUT2D eigenvalue weighted by molar-refractivity contribution is 0.360. The molecule has 4 heteroatoms. The molecule has 103 valence electrons. The summed E-state index contributed by atoms with van der Waals surface area (Å²) in [5, 5.41) is 0.